The monoisotopic (exact) mass is 248 g/mol. The highest BCUT2D eigenvalue weighted by Crippen LogP contribution is 2.23. The first-order chi connectivity index (χ1) is 9.35. The van der Waals surface area contributed by atoms with E-state index in [0.717, 1.165) is 24.3 Å². The summed E-state index contributed by atoms with van der Waals surface area (Å²) >= 11 is 0. The Morgan fingerprint density at radius 2 is 1.68 bits per heavy atom. The van der Waals surface area contributed by atoms with Gasteiger partial charge in [0.15, 0.2) is 0 Å². The van der Waals surface area contributed by atoms with Crippen molar-refractivity contribution in [1.82, 2.24) is 0 Å². The first kappa shape index (κ1) is 13.2. The molecule has 0 unspecified atom stereocenters. The Kier molecular flexibility index (Phi) is 4.57. The second-order valence-corrected chi connectivity index (χ2v) is 4.38. The number of rotatable bonds is 6. The highest BCUT2D eigenvalue weighted by Gasteiger charge is 2.08. The first-order valence-corrected chi connectivity index (χ1v) is 6.39. The predicted molar refractivity (Wildman–Crippen MR) is 82.9 cm³/mol. The molecule has 0 aliphatic heterocycles. The van der Waals surface area contributed by atoms with Gasteiger partial charge in [-0.15, -0.1) is 6.58 Å². The van der Waals surface area contributed by atoms with E-state index in [1.165, 1.54) is 5.56 Å². The van der Waals surface area contributed by atoms with E-state index in [1.54, 1.807) is 6.08 Å². The average molecular weight is 248 g/mol. The van der Waals surface area contributed by atoms with Crippen molar-refractivity contribution in [3.63, 3.8) is 0 Å². The zero-order chi connectivity index (χ0) is 13.5. The van der Waals surface area contributed by atoms with Crippen molar-refractivity contribution in [2.45, 2.75) is 6.54 Å². The molecule has 0 aliphatic carbocycles. The minimum atomic E-state index is 0.791. The summed E-state index contributed by atoms with van der Waals surface area (Å²) in [6.45, 7) is 11.2. The molecule has 0 heterocycles. The van der Waals surface area contributed by atoms with Gasteiger partial charge >= 0.3 is 0 Å². The van der Waals surface area contributed by atoms with Crippen molar-refractivity contribution in [2.75, 3.05) is 11.4 Å². The van der Waals surface area contributed by atoms with Crippen LogP contribution in [0.5, 0.6) is 0 Å². The molecule has 0 bridgehead atoms. The molecule has 95 valence electrons. The SMILES string of the molecule is [CH]=Cc1ccccc1N(CC=C)Cc1ccccc1. The van der Waals surface area contributed by atoms with Crippen molar-refractivity contribution in [3.05, 3.63) is 85.0 Å². The number of hydrogen-bond acceptors (Lipinski definition) is 1. The average Bonchev–Trinajstić information content (AvgIpc) is 2.48. The molecule has 0 saturated carbocycles. The van der Waals surface area contributed by atoms with E-state index in [2.05, 4.69) is 41.8 Å². The van der Waals surface area contributed by atoms with Gasteiger partial charge in [-0.25, -0.2) is 0 Å². The molecule has 0 atom stereocenters. The third kappa shape index (κ3) is 3.35. The van der Waals surface area contributed by atoms with E-state index in [9.17, 15) is 0 Å². The smallest absolute Gasteiger partial charge is 0.0445 e. The van der Waals surface area contributed by atoms with Crippen LogP contribution in [0.25, 0.3) is 6.08 Å². The second-order valence-electron chi connectivity index (χ2n) is 4.38. The normalized spacial score (nSPS) is 9.89. The quantitative estimate of drug-likeness (QED) is 0.688. The van der Waals surface area contributed by atoms with Gasteiger partial charge in [-0.3, -0.25) is 0 Å². The Morgan fingerprint density at radius 1 is 1.00 bits per heavy atom. The largest absolute Gasteiger partial charge is 0.363 e. The van der Waals surface area contributed by atoms with E-state index in [0.29, 0.717) is 0 Å². The van der Waals surface area contributed by atoms with Crippen molar-refractivity contribution >= 4 is 11.8 Å². The fourth-order valence-electron chi connectivity index (χ4n) is 2.12. The molecule has 0 amide bonds. The summed E-state index contributed by atoms with van der Waals surface area (Å²) in [6, 6.07) is 18.5. The fraction of sp³-hybridized carbons (Fsp3) is 0.111. The molecule has 0 spiro atoms. The molecule has 2 rings (SSSR count). The van der Waals surface area contributed by atoms with Gasteiger partial charge in [-0.05, 0) is 17.2 Å². The van der Waals surface area contributed by atoms with Crippen LogP contribution >= 0.6 is 0 Å². The number of para-hydroxylation sites is 1. The number of nitrogens with zero attached hydrogens (tertiary/aromatic N) is 1. The van der Waals surface area contributed by atoms with Crippen LogP contribution in [0.15, 0.2) is 67.3 Å². The third-order valence-corrected chi connectivity index (χ3v) is 3.02. The highest BCUT2D eigenvalue weighted by molar-refractivity contribution is 5.66. The van der Waals surface area contributed by atoms with Gasteiger partial charge in [0.1, 0.15) is 0 Å². The summed E-state index contributed by atoms with van der Waals surface area (Å²) < 4.78 is 0. The highest BCUT2D eigenvalue weighted by atomic mass is 15.1. The molecule has 0 saturated heterocycles. The summed E-state index contributed by atoms with van der Waals surface area (Å²) in [6.07, 6.45) is 3.56. The van der Waals surface area contributed by atoms with Crippen LogP contribution in [-0.2, 0) is 6.54 Å². The van der Waals surface area contributed by atoms with Gasteiger partial charge in [-0.1, -0.05) is 67.3 Å². The zero-order valence-electron chi connectivity index (χ0n) is 11.0. The topological polar surface area (TPSA) is 3.24 Å². The van der Waals surface area contributed by atoms with E-state index >= 15 is 0 Å². The lowest BCUT2D eigenvalue weighted by molar-refractivity contribution is 0.867. The Hall–Kier alpha value is -2.28. The third-order valence-electron chi connectivity index (χ3n) is 3.02. The molecule has 0 aliphatic rings. The van der Waals surface area contributed by atoms with Gasteiger partial charge in [0.05, 0.1) is 0 Å². The van der Waals surface area contributed by atoms with Crippen molar-refractivity contribution in [1.29, 1.82) is 0 Å². The molecule has 0 N–H and O–H groups in total. The lowest BCUT2D eigenvalue weighted by atomic mass is 10.1. The molecule has 19 heavy (non-hydrogen) atoms. The van der Waals surface area contributed by atoms with E-state index < -0.39 is 0 Å². The molecular formula is C18H18N. The molecule has 1 radical (unpaired) electrons. The van der Waals surface area contributed by atoms with Crippen molar-refractivity contribution in [2.24, 2.45) is 0 Å². The molecule has 0 aromatic heterocycles. The second kappa shape index (κ2) is 6.60. The van der Waals surface area contributed by atoms with Crippen LogP contribution in [0.1, 0.15) is 11.1 Å². The van der Waals surface area contributed by atoms with Crippen LogP contribution in [0.4, 0.5) is 5.69 Å². The first-order valence-electron chi connectivity index (χ1n) is 6.39. The maximum absolute atomic E-state index is 5.70. The van der Waals surface area contributed by atoms with Crippen molar-refractivity contribution < 1.29 is 0 Å². The number of anilines is 1. The Bertz CT molecular complexity index is 543. The summed E-state index contributed by atoms with van der Waals surface area (Å²) in [5.74, 6) is 0. The lowest BCUT2D eigenvalue weighted by Gasteiger charge is -2.25. The van der Waals surface area contributed by atoms with Gasteiger partial charge in [-0.2, -0.15) is 0 Å². The molecule has 1 heteroatoms. The van der Waals surface area contributed by atoms with Crippen LogP contribution in [0.3, 0.4) is 0 Å². The minimum absolute atomic E-state index is 0.791. The predicted octanol–water partition coefficient (Wildman–Crippen LogP) is 4.33. The Balaban J connectivity index is 2.29. The Morgan fingerprint density at radius 3 is 2.37 bits per heavy atom. The number of benzene rings is 2. The van der Waals surface area contributed by atoms with Crippen LogP contribution < -0.4 is 4.90 Å². The Labute approximate surface area is 115 Å². The summed E-state index contributed by atoms with van der Waals surface area (Å²) in [7, 11) is 0. The van der Waals surface area contributed by atoms with E-state index in [4.69, 9.17) is 6.58 Å². The zero-order valence-corrected chi connectivity index (χ0v) is 11.0. The van der Waals surface area contributed by atoms with E-state index in [-0.39, 0.29) is 0 Å². The van der Waals surface area contributed by atoms with Crippen LogP contribution in [0, 0.1) is 6.58 Å². The lowest BCUT2D eigenvalue weighted by Crippen LogP contribution is -2.23. The molecule has 2 aromatic carbocycles. The summed E-state index contributed by atoms with van der Waals surface area (Å²) in [5, 5.41) is 0. The fourth-order valence-corrected chi connectivity index (χ4v) is 2.12. The molecule has 0 fully saturated rings. The van der Waals surface area contributed by atoms with Gasteiger partial charge in [0.2, 0.25) is 0 Å². The summed E-state index contributed by atoms with van der Waals surface area (Å²) in [5.41, 5.74) is 3.45. The van der Waals surface area contributed by atoms with Gasteiger partial charge < -0.3 is 4.90 Å². The summed E-state index contributed by atoms with van der Waals surface area (Å²) in [4.78, 5) is 2.26. The molecular weight excluding hydrogens is 230 g/mol. The van der Waals surface area contributed by atoms with E-state index in [1.807, 2.05) is 30.3 Å². The van der Waals surface area contributed by atoms with Crippen molar-refractivity contribution in [3.8, 4) is 0 Å². The number of hydrogen-bond donors (Lipinski definition) is 0. The van der Waals surface area contributed by atoms with Crippen LogP contribution in [0.2, 0.25) is 0 Å². The van der Waals surface area contributed by atoms with Gasteiger partial charge in [0.25, 0.3) is 0 Å². The standard InChI is InChI=1S/C18H18N/c1-3-14-19(15-16-10-6-5-7-11-16)18-13-9-8-12-17(18)4-2/h2-13H,1,14-15H2. The molecule has 1 nitrogen and oxygen atoms in total. The molecule has 2 aromatic rings. The van der Waals surface area contributed by atoms with Crippen LogP contribution in [-0.4, -0.2) is 6.54 Å². The van der Waals surface area contributed by atoms with Gasteiger partial charge in [0, 0.05) is 18.8 Å². The maximum Gasteiger partial charge on any atom is 0.0445 e. The minimum Gasteiger partial charge on any atom is -0.363 e. The maximum atomic E-state index is 5.70.